The minimum absolute atomic E-state index is 0.270. The number of hydrogen-bond donors (Lipinski definition) is 1. The summed E-state index contributed by atoms with van der Waals surface area (Å²) in [6, 6.07) is 17.3. The molecular weight excluding hydrogens is 342 g/mol. The predicted octanol–water partition coefficient (Wildman–Crippen LogP) is 2.66. The third-order valence-electron chi connectivity index (χ3n) is 4.49. The number of nitrogens with zero attached hydrogens (tertiary/aromatic N) is 4. The molecule has 1 saturated heterocycles. The van der Waals surface area contributed by atoms with Crippen LogP contribution in [0.3, 0.4) is 0 Å². The normalized spacial score (nSPS) is 14.2. The van der Waals surface area contributed by atoms with E-state index < -0.39 is 0 Å². The molecule has 1 N–H and O–H groups in total. The molecule has 0 unspecified atom stereocenters. The van der Waals surface area contributed by atoms with Gasteiger partial charge in [-0.15, -0.1) is 5.10 Å². The number of nitrogens with one attached hydrogen (secondary N) is 1. The SMILES string of the molecule is Cc1nn(-c2ccccc2)nc1C(=O)Nc1ccc(N2CCOCC2)cc1. The van der Waals surface area contributed by atoms with Crippen LogP contribution in [-0.4, -0.2) is 47.2 Å². The first-order valence-corrected chi connectivity index (χ1v) is 8.94. The number of aryl methyl sites for hydroxylation is 1. The van der Waals surface area contributed by atoms with Crippen LogP contribution < -0.4 is 10.2 Å². The van der Waals surface area contributed by atoms with Crippen molar-refractivity contribution in [3.63, 3.8) is 0 Å². The number of morpholine rings is 1. The maximum atomic E-state index is 12.6. The molecule has 3 aromatic rings. The molecule has 0 aliphatic carbocycles. The Morgan fingerprint density at radius 1 is 0.963 bits per heavy atom. The largest absolute Gasteiger partial charge is 0.378 e. The predicted molar refractivity (Wildman–Crippen MR) is 104 cm³/mol. The molecule has 7 nitrogen and oxygen atoms in total. The van der Waals surface area contributed by atoms with Gasteiger partial charge < -0.3 is 15.0 Å². The number of carbonyl (C=O) groups excluding carboxylic acids is 1. The molecule has 1 amide bonds. The lowest BCUT2D eigenvalue weighted by Gasteiger charge is -2.28. The summed E-state index contributed by atoms with van der Waals surface area (Å²) in [5.74, 6) is -0.270. The van der Waals surface area contributed by atoms with Gasteiger partial charge >= 0.3 is 0 Å². The van der Waals surface area contributed by atoms with Crippen LogP contribution in [0.1, 0.15) is 16.2 Å². The fourth-order valence-corrected chi connectivity index (χ4v) is 3.03. The minimum Gasteiger partial charge on any atom is -0.378 e. The average Bonchev–Trinajstić information content (AvgIpc) is 3.12. The number of rotatable bonds is 4. The highest BCUT2D eigenvalue weighted by Crippen LogP contribution is 2.19. The first-order valence-electron chi connectivity index (χ1n) is 8.94. The quantitative estimate of drug-likeness (QED) is 0.772. The van der Waals surface area contributed by atoms with E-state index in [2.05, 4.69) is 20.4 Å². The van der Waals surface area contributed by atoms with Gasteiger partial charge in [-0.05, 0) is 43.3 Å². The Labute approximate surface area is 157 Å². The third-order valence-corrected chi connectivity index (χ3v) is 4.49. The van der Waals surface area contributed by atoms with Crippen LogP contribution in [-0.2, 0) is 4.74 Å². The van der Waals surface area contributed by atoms with E-state index in [0.717, 1.165) is 43.4 Å². The minimum atomic E-state index is -0.270. The van der Waals surface area contributed by atoms with Crippen LogP contribution in [0.15, 0.2) is 54.6 Å². The van der Waals surface area contributed by atoms with Gasteiger partial charge in [-0.2, -0.15) is 9.90 Å². The zero-order chi connectivity index (χ0) is 18.6. The van der Waals surface area contributed by atoms with Gasteiger partial charge in [0.05, 0.1) is 24.6 Å². The number of hydrogen-bond acceptors (Lipinski definition) is 5. The van der Waals surface area contributed by atoms with Gasteiger partial charge in [-0.1, -0.05) is 18.2 Å². The Morgan fingerprint density at radius 2 is 1.67 bits per heavy atom. The first kappa shape index (κ1) is 17.2. The maximum absolute atomic E-state index is 12.6. The van der Waals surface area contributed by atoms with Crippen molar-refractivity contribution in [2.24, 2.45) is 0 Å². The van der Waals surface area contributed by atoms with Crippen molar-refractivity contribution in [3.8, 4) is 5.69 Å². The second kappa shape index (κ2) is 7.59. The molecule has 0 atom stereocenters. The summed E-state index contributed by atoms with van der Waals surface area (Å²) in [5, 5.41) is 11.6. The maximum Gasteiger partial charge on any atom is 0.278 e. The number of amides is 1. The molecule has 1 aromatic heterocycles. The smallest absolute Gasteiger partial charge is 0.278 e. The van der Waals surface area contributed by atoms with Crippen molar-refractivity contribution in [2.75, 3.05) is 36.5 Å². The van der Waals surface area contributed by atoms with E-state index in [9.17, 15) is 4.79 Å². The van der Waals surface area contributed by atoms with E-state index in [1.165, 1.54) is 4.80 Å². The van der Waals surface area contributed by atoms with Crippen LogP contribution in [0, 0.1) is 6.92 Å². The fraction of sp³-hybridized carbons (Fsp3) is 0.250. The number of benzene rings is 2. The van der Waals surface area contributed by atoms with Crippen molar-refractivity contribution in [1.29, 1.82) is 0 Å². The Bertz CT molecular complexity index is 915. The lowest BCUT2D eigenvalue weighted by atomic mass is 10.2. The standard InChI is InChI=1S/C20H21N5O2/c1-15-19(23-25(22-15)18-5-3-2-4-6-18)20(26)21-16-7-9-17(10-8-16)24-11-13-27-14-12-24/h2-10H,11-14H2,1H3,(H,21,26). The zero-order valence-corrected chi connectivity index (χ0v) is 15.1. The third kappa shape index (κ3) is 3.83. The average molecular weight is 363 g/mol. The molecule has 1 aliphatic rings. The number of aromatic nitrogens is 3. The van der Waals surface area contributed by atoms with Gasteiger partial charge in [-0.3, -0.25) is 4.79 Å². The van der Waals surface area contributed by atoms with Crippen molar-refractivity contribution in [2.45, 2.75) is 6.92 Å². The highest BCUT2D eigenvalue weighted by molar-refractivity contribution is 6.03. The molecule has 138 valence electrons. The summed E-state index contributed by atoms with van der Waals surface area (Å²) in [6.07, 6.45) is 0. The zero-order valence-electron chi connectivity index (χ0n) is 15.1. The Balaban J connectivity index is 1.47. The molecule has 0 saturated carbocycles. The molecule has 1 aliphatic heterocycles. The molecule has 1 fully saturated rings. The van der Waals surface area contributed by atoms with Crippen LogP contribution in [0.4, 0.5) is 11.4 Å². The van der Waals surface area contributed by atoms with E-state index >= 15 is 0 Å². The molecule has 2 heterocycles. The monoisotopic (exact) mass is 363 g/mol. The topological polar surface area (TPSA) is 72.3 Å². The van der Waals surface area contributed by atoms with E-state index in [4.69, 9.17) is 4.74 Å². The molecular formula is C20H21N5O2. The molecule has 4 rings (SSSR count). The van der Waals surface area contributed by atoms with E-state index in [-0.39, 0.29) is 5.91 Å². The molecule has 0 bridgehead atoms. The van der Waals surface area contributed by atoms with Crippen molar-refractivity contribution < 1.29 is 9.53 Å². The van der Waals surface area contributed by atoms with E-state index in [1.807, 2.05) is 54.6 Å². The fourth-order valence-electron chi connectivity index (χ4n) is 3.03. The summed E-state index contributed by atoms with van der Waals surface area (Å²) in [5.41, 5.74) is 3.57. The van der Waals surface area contributed by atoms with Gasteiger partial charge in [0.2, 0.25) is 0 Å². The van der Waals surface area contributed by atoms with Crippen molar-refractivity contribution in [1.82, 2.24) is 15.0 Å². The van der Waals surface area contributed by atoms with Crippen LogP contribution >= 0.6 is 0 Å². The number of ether oxygens (including phenoxy) is 1. The van der Waals surface area contributed by atoms with Gasteiger partial charge in [0, 0.05) is 24.5 Å². The highest BCUT2D eigenvalue weighted by atomic mass is 16.5. The lowest BCUT2D eigenvalue weighted by molar-refractivity contribution is 0.102. The Kier molecular flexibility index (Phi) is 4.84. The summed E-state index contributed by atoms with van der Waals surface area (Å²) < 4.78 is 5.38. The van der Waals surface area contributed by atoms with Gasteiger partial charge in [0.15, 0.2) is 5.69 Å². The van der Waals surface area contributed by atoms with Crippen molar-refractivity contribution in [3.05, 3.63) is 66.0 Å². The molecule has 0 radical (unpaired) electrons. The first-order chi connectivity index (χ1) is 13.2. The second-order valence-electron chi connectivity index (χ2n) is 6.36. The number of anilines is 2. The summed E-state index contributed by atoms with van der Waals surface area (Å²) in [4.78, 5) is 16.4. The molecule has 7 heteroatoms. The van der Waals surface area contributed by atoms with E-state index in [0.29, 0.717) is 11.4 Å². The van der Waals surface area contributed by atoms with Gasteiger partial charge in [-0.25, -0.2) is 0 Å². The summed E-state index contributed by atoms with van der Waals surface area (Å²) >= 11 is 0. The molecule has 27 heavy (non-hydrogen) atoms. The van der Waals surface area contributed by atoms with Gasteiger partial charge in [0.25, 0.3) is 5.91 Å². The molecule has 2 aromatic carbocycles. The summed E-state index contributed by atoms with van der Waals surface area (Å²) in [6.45, 7) is 5.04. The second-order valence-corrected chi connectivity index (χ2v) is 6.36. The van der Waals surface area contributed by atoms with Crippen LogP contribution in [0.2, 0.25) is 0 Å². The van der Waals surface area contributed by atoms with Crippen LogP contribution in [0.5, 0.6) is 0 Å². The van der Waals surface area contributed by atoms with Crippen molar-refractivity contribution >= 4 is 17.3 Å². The highest BCUT2D eigenvalue weighted by Gasteiger charge is 2.17. The number of para-hydroxylation sites is 1. The van der Waals surface area contributed by atoms with E-state index in [1.54, 1.807) is 6.92 Å². The Hall–Kier alpha value is -3.19. The number of carbonyl (C=O) groups is 1. The van der Waals surface area contributed by atoms with Crippen LogP contribution in [0.25, 0.3) is 5.69 Å². The Morgan fingerprint density at radius 3 is 2.37 bits per heavy atom. The molecule has 0 spiro atoms. The lowest BCUT2D eigenvalue weighted by Crippen LogP contribution is -2.36. The van der Waals surface area contributed by atoms with Gasteiger partial charge in [0.1, 0.15) is 0 Å². The summed E-state index contributed by atoms with van der Waals surface area (Å²) in [7, 11) is 0.